The quantitative estimate of drug-likeness (QED) is 0.743. The van der Waals surface area contributed by atoms with Crippen LogP contribution in [0.5, 0.6) is 0 Å². The van der Waals surface area contributed by atoms with Crippen molar-refractivity contribution in [2.75, 3.05) is 22.6 Å². The molecule has 0 aliphatic heterocycles. The van der Waals surface area contributed by atoms with E-state index in [0.717, 1.165) is 16.3 Å². The molecule has 0 heterocycles. The first-order chi connectivity index (χ1) is 12.8. The van der Waals surface area contributed by atoms with Gasteiger partial charge in [-0.2, -0.15) is 0 Å². The molecular formula is C20H23N3O3S. The van der Waals surface area contributed by atoms with E-state index in [9.17, 15) is 14.4 Å². The van der Waals surface area contributed by atoms with E-state index in [1.807, 2.05) is 19.1 Å². The monoisotopic (exact) mass is 385 g/mol. The number of carbonyl (C=O) groups is 3. The Morgan fingerprint density at radius 2 is 1.41 bits per heavy atom. The number of anilines is 3. The highest BCUT2D eigenvalue weighted by Gasteiger charge is 2.15. The van der Waals surface area contributed by atoms with Crippen molar-refractivity contribution in [3.05, 3.63) is 48.5 Å². The van der Waals surface area contributed by atoms with Gasteiger partial charge in [-0.25, -0.2) is 0 Å². The lowest BCUT2D eigenvalue weighted by atomic mass is 10.2. The molecule has 2 aromatic rings. The van der Waals surface area contributed by atoms with E-state index in [1.54, 1.807) is 43.4 Å². The van der Waals surface area contributed by atoms with E-state index in [4.69, 9.17) is 0 Å². The Kier molecular flexibility index (Phi) is 7.01. The Labute approximate surface area is 163 Å². The number of nitrogens with zero attached hydrogens (tertiary/aromatic N) is 1. The summed E-state index contributed by atoms with van der Waals surface area (Å²) >= 11 is 1.43. The third kappa shape index (κ3) is 6.14. The van der Waals surface area contributed by atoms with Gasteiger partial charge in [-0.15, -0.1) is 11.8 Å². The van der Waals surface area contributed by atoms with Crippen molar-refractivity contribution < 1.29 is 14.4 Å². The lowest BCUT2D eigenvalue weighted by Gasteiger charge is -2.16. The highest BCUT2D eigenvalue weighted by Crippen LogP contribution is 2.26. The molecule has 6 nitrogen and oxygen atoms in total. The highest BCUT2D eigenvalue weighted by molar-refractivity contribution is 8.00. The van der Waals surface area contributed by atoms with Crippen LogP contribution in [0.15, 0.2) is 53.4 Å². The number of hydrogen-bond acceptors (Lipinski definition) is 4. The van der Waals surface area contributed by atoms with E-state index in [1.165, 1.54) is 30.5 Å². The first-order valence-corrected chi connectivity index (χ1v) is 9.34. The molecule has 142 valence electrons. The number of carbonyl (C=O) groups excluding carboxylic acids is 3. The fourth-order valence-electron chi connectivity index (χ4n) is 2.27. The summed E-state index contributed by atoms with van der Waals surface area (Å²) in [4.78, 5) is 37.3. The summed E-state index contributed by atoms with van der Waals surface area (Å²) in [6, 6.07) is 14.5. The molecule has 2 aromatic carbocycles. The molecule has 1 atom stereocenters. The molecule has 2 N–H and O–H groups in total. The van der Waals surface area contributed by atoms with Crippen LogP contribution in [0.25, 0.3) is 0 Å². The molecule has 0 saturated heterocycles. The number of benzene rings is 2. The third-order valence-corrected chi connectivity index (χ3v) is 4.96. The van der Waals surface area contributed by atoms with Gasteiger partial charge in [-0.1, -0.05) is 0 Å². The fourth-order valence-corrected chi connectivity index (χ4v) is 3.14. The lowest BCUT2D eigenvalue weighted by Crippen LogP contribution is -2.23. The van der Waals surface area contributed by atoms with Crippen molar-refractivity contribution in [1.29, 1.82) is 0 Å². The molecule has 27 heavy (non-hydrogen) atoms. The van der Waals surface area contributed by atoms with Crippen LogP contribution < -0.4 is 15.5 Å². The normalized spacial score (nSPS) is 11.4. The van der Waals surface area contributed by atoms with Gasteiger partial charge in [0.05, 0.1) is 5.25 Å². The first kappa shape index (κ1) is 20.5. The Balaban J connectivity index is 1.93. The minimum atomic E-state index is -0.295. The molecule has 0 bridgehead atoms. The van der Waals surface area contributed by atoms with Gasteiger partial charge in [0.15, 0.2) is 0 Å². The predicted molar refractivity (Wildman–Crippen MR) is 110 cm³/mol. The van der Waals surface area contributed by atoms with Crippen LogP contribution in [0.2, 0.25) is 0 Å². The Bertz CT molecular complexity index is 819. The highest BCUT2D eigenvalue weighted by atomic mass is 32.2. The van der Waals surface area contributed by atoms with Crippen molar-refractivity contribution in [1.82, 2.24) is 0 Å². The van der Waals surface area contributed by atoms with Gasteiger partial charge < -0.3 is 15.5 Å². The van der Waals surface area contributed by atoms with Crippen molar-refractivity contribution in [2.45, 2.75) is 30.9 Å². The van der Waals surface area contributed by atoms with Gasteiger partial charge in [-0.3, -0.25) is 14.4 Å². The second-order valence-corrected chi connectivity index (χ2v) is 7.49. The van der Waals surface area contributed by atoms with E-state index in [0.29, 0.717) is 5.69 Å². The third-order valence-electron chi connectivity index (χ3n) is 3.85. The van der Waals surface area contributed by atoms with Gasteiger partial charge in [0.25, 0.3) is 0 Å². The fraction of sp³-hybridized carbons (Fsp3) is 0.250. The molecule has 0 aromatic heterocycles. The maximum atomic E-state index is 12.4. The van der Waals surface area contributed by atoms with Gasteiger partial charge in [0.2, 0.25) is 17.7 Å². The number of hydrogen-bond donors (Lipinski definition) is 2. The summed E-state index contributed by atoms with van der Waals surface area (Å²) < 4.78 is 0. The van der Waals surface area contributed by atoms with Gasteiger partial charge in [-0.05, 0) is 55.5 Å². The molecule has 1 unspecified atom stereocenters. The van der Waals surface area contributed by atoms with Crippen LogP contribution in [0.4, 0.5) is 17.1 Å². The Hall–Kier alpha value is -2.80. The number of nitrogens with one attached hydrogen (secondary N) is 2. The molecule has 0 saturated carbocycles. The maximum Gasteiger partial charge on any atom is 0.237 e. The average Bonchev–Trinajstić information content (AvgIpc) is 2.62. The second kappa shape index (κ2) is 9.23. The summed E-state index contributed by atoms with van der Waals surface area (Å²) in [5.41, 5.74) is 2.16. The van der Waals surface area contributed by atoms with Crippen LogP contribution >= 0.6 is 11.8 Å². The van der Waals surface area contributed by atoms with Crippen molar-refractivity contribution >= 4 is 46.5 Å². The second-order valence-electron chi connectivity index (χ2n) is 6.08. The molecule has 0 aliphatic carbocycles. The zero-order valence-corrected chi connectivity index (χ0v) is 16.6. The standard InChI is InChI=1S/C20H23N3O3S/c1-13(27-19-11-7-16(8-12-19)21-14(2)24)20(26)22-17-5-9-18(10-6-17)23(4)15(3)25/h5-13H,1-4H3,(H,21,24)(H,22,26). The molecule has 0 spiro atoms. The van der Waals surface area contributed by atoms with Gasteiger partial charge in [0, 0.05) is 42.9 Å². The van der Waals surface area contributed by atoms with Crippen molar-refractivity contribution in [2.24, 2.45) is 0 Å². The number of amides is 3. The summed E-state index contributed by atoms with van der Waals surface area (Å²) in [7, 11) is 1.70. The minimum Gasteiger partial charge on any atom is -0.326 e. The number of thioether (sulfide) groups is 1. The summed E-state index contributed by atoms with van der Waals surface area (Å²) in [6.45, 7) is 4.79. The van der Waals surface area contributed by atoms with E-state index in [2.05, 4.69) is 10.6 Å². The van der Waals surface area contributed by atoms with E-state index in [-0.39, 0.29) is 23.0 Å². The van der Waals surface area contributed by atoms with Crippen LogP contribution in [0.3, 0.4) is 0 Å². The van der Waals surface area contributed by atoms with Crippen LogP contribution in [0.1, 0.15) is 20.8 Å². The topological polar surface area (TPSA) is 78.5 Å². The SMILES string of the molecule is CC(=O)Nc1ccc(SC(C)C(=O)Nc2ccc(N(C)C(C)=O)cc2)cc1. The summed E-state index contributed by atoms with van der Waals surface area (Å²) in [6.07, 6.45) is 0. The molecule has 0 radical (unpaired) electrons. The maximum absolute atomic E-state index is 12.4. The molecular weight excluding hydrogens is 362 g/mol. The molecule has 0 fully saturated rings. The largest absolute Gasteiger partial charge is 0.326 e. The van der Waals surface area contributed by atoms with Crippen molar-refractivity contribution in [3.8, 4) is 0 Å². The van der Waals surface area contributed by atoms with Crippen LogP contribution in [0, 0.1) is 0 Å². The number of rotatable bonds is 6. The summed E-state index contributed by atoms with van der Waals surface area (Å²) in [5.74, 6) is -0.288. The van der Waals surface area contributed by atoms with Crippen LogP contribution in [-0.4, -0.2) is 30.0 Å². The van der Waals surface area contributed by atoms with Crippen LogP contribution in [-0.2, 0) is 14.4 Å². The smallest absolute Gasteiger partial charge is 0.237 e. The molecule has 3 amide bonds. The predicted octanol–water partition coefficient (Wildman–Crippen LogP) is 3.75. The minimum absolute atomic E-state index is 0.0543. The van der Waals surface area contributed by atoms with E-state index < -0.39 is 0 Å². The molecule has 7 heteroatoms. The first-order valence-electron chi connectivity index (χ1n) is 8.46. The summed E-state index contributed by atoms with van der Waals surface area (Å²) in [5, 5.41) is 5.29. The Morgan fingerprint density at radius 1 is 0.889 bits per heavy atom. The zero-order chi connectivity index (χ0) is 20.0. The molecule has 2 rings (SSSR count). The van der Waals surface area contributed by atoms with Crippen molar-refractivity contribution in [3.63, 3.8) is 0 Å². The molecule has 0 aliphatic rings. The zero-order valence-electron chi connectivity index (χ0n) is 15.8. The van der Waals surface area contributed by atoms with Gasteiger partial charge >= 0.3 is 0 Å². The Morgan fingerprint density at radius 3 is 1.93 bits per heavy atom. The lowest BCUT2D eigenvalue weighted by molar-refractivity contribution is -0.116. The van der Waals surface area contributed by atoms with Gasteiger partial charge in [0.1, 0.15) is 0 Å². The average molecular weight is 385 g/mol. The van der Waals surface area contributed by atoms with E-state index >= 15 is 0 Å².